The minimum absolute atomic E-state index is 0.367. The molecule has 100 valence electrons. The number of aromatic nitrogens is 2. The lowest BCUT2D eigenvalue weighted by Crippen LogP contribution is -2.18. The molecular formula is C14H10BrN3O2. The number of fused-ring (bicyclic) bond motifs is 1. The van der Waals surface area contributed by atoms with Crippen LogP contribution in [0.15, 0.2) is 46.9 Å². The number of hydroxylamine groups is 1. The van der Waals surface area contributed by atoms with E-state index in [1.54, 1.807) is 23.7 Å². The third-order valence-electron chi connectivity index (χ3n) is 2.96. The van der Waals surface area contributed by atoms with E-state index in [1.165, 1.54) is 0 Å². The Balaban J connectivity index is 2.06. The summed E-state index contributed by atoms with van der Waals surface area (Å²) in [6.07, 6.45) is 0. The summed E-state index contributed by atoms with van der Waals surface area (Å²) in [6.45, 7) is 0. The fourth-order valence-electron chi connectivity index (χ4n) is 1.96. The van der Waals surface area contributed by atoms with E-state index in [-0.39, 0.29) is 0 Å². The van der Waals surface area contributed by atoms with Crippen molar-refractivity contribution in [3.05, 3.63) is 52.5 Å². The highest BCUT2D eigenvalue weighted by Crippen LogP contribution is 2.22. The summed E-state index contributed by atoms with van der Waals surface area (Å²) in [7, 11) is 0. The van der Waals surface area contributed by atoms with Crippen LogP contribution in [0.5, 0.6) is 0 Å². The molecule has 0 radical (unpaired) electrons. The van der Waals surface area contributed by atoms with E-state index >= 15 is 0 Å². The molecule has 6 heteroatoms. The molecule has 0 bridgehead atoms. The molecule has 20 heavy (non-hydrogen) atoms. The first-order valence-electron chi connectivity index (χ1n) is 5.87. The highest BCUT2D eigenvalue weighted by atomic mass is 79.9. The van der Waals surface area contributed by atoms with Gasteiger partial charge in [0.05, 0.1) is 11.0 Å². The topological polar surface area (TPSA) is 78.0 Å². The first-order valence-corrected chi connectivity index (χ1v) is 6.67. The first kappa shape index (κ1) is 12.8. The molecule has 5 nitrogen and oxygen atoms in total. The number of hydrogen-bond donors (Lipinski definition) is 3. The van der Waals surface area contributed by atoms with Crippen LogP contribution in [0.1, 0.15) is 10.4 Å². The number of carbonyl (C=O) groups excluding carboxylic acids is 1. The lowest BCUT2D eigenvalue weighted by Gasteiger charge is -1.97. The molecule has 1 heterocycles. The molecule has 3 rings (SSSR count). The van der Waals surface area contributed by atoms with Crippen LogP contribution in [0.4, 0.5) is 0 Å². The standard InChI is InChI=1S/C14H10BrN3O2/c15-10-4-1-8(2-5-10)13-16-11-6-3-9(14(19)18-20)7-12(11)17-13/h1-7,20H,(H,16,17)(H,18,19). The molecule has 2 aromatic carbocycles. The van der Waals surface area contributed by atoms with Gasteiger partial charge in [-0.25, -0.2) is 10.5 Å². The molecule has 0 spiro atoms. The summed E-state index contributed by atoms with van der Waals surface area (Å²) >= 11 is 3.39. The molecule has 1 aromatic heterocycles. The van der Waals surface area contributed by atoms with Crippen molar-refractivity contribution in [3.63, 3.8) is 0 Å². The zero-order chi connectivity index (χ0) is 14.1. The molecule has 0 atom stereocenters. The van der Waals surface area contributed by atoms with Crippen LogP contribution in [-0.4, -0.2) is 21.1 Å². The van der Waals surface area contributed by atoms with Crippen LogP contribution < -0.4 is 5.48 Å². The predicted molar refractivity (Wildman–Crippen MR) is 78.5 cm³/mol. The van der Waals surface area contributed by atoms with Gasteiger partial charge in [-0.15, -0.1) is 0 Å². The molecule has 0 saturated heterocycles. The number of nitrogens with zero attached hydrogens (tertiary/aromatic N) is 1. The number of carbonyl (C=O) groups is 1. The largest absolute Gasteiger partial charge is 0.338 e. The minimum Gasteiger partial charge on any atom is -0.338 e. The van der Waals surface area contributed by atoms with Gasteiger partial charge in [0.1, 0.15) is 5.82 Å². The number of imidazole rings is 1. The maximum atomic E-state index is 11.4. The number of halogens is 1. The Hall–Kier alpha value is -2.18. The Bertz CT molecular complexity index is 781. The van der Waals surface area contributed by atoms with Crippen molar-refractivity contribution in [2.75, 3.05) is 0 Å². The van der Waals surface area contributed by atoms with Gasteiger partial charge in [0, 0.05) is 15.6 Å². The molecule has 3 aromatic rings. The maximum absolute atomic E-state index is 11.4. The van der Waals surface area contributed by atoms with E-state index in [9.17, 15) is 4.79 Å². The van der Waals surface area contributed by atoms with Crippen LogP contribution in [0.3, 0.4) is 0 Å². The molecule has 0 unspecified atom stereocenters. The fraction of sp³-hybridized carbons (Fsp3) is 0. The highest BCUT2D eigenvalue weighted by molar-refractivity contribution is 9.10. The Morgan fingerprint density at radius 2 is 1.95 bits per heavy atom. The number of nitrogens with one attached hydrogen (secondary N) is 2. The average Bonchev–Trinajstić information content (AvgIpc) is 2.90. The van der Waals surface area contributed by atoms with Gasteiger partial charge < -0.3 is 4.98 Å². The molecular weight excluding hydrogens is 322 g/mol. The van der Waals surface area contributed by atoms with E-state index in [2.05, 4.69) is 25.9 Å². The maximum Gasteiger partial charge on any atom is 0.274 e. The fourth-order valence-corrected chi connectivity index (χ4v) is 2.22. The average molecular weight is 332 g/mol. The number of hydrogen-bond acceptors (Lipinski definition) is 3. The number of amides is 1. The molecule has 0 saturated carbocycles. The van der Waals surface area contributed by atoms with Crippen LogP contribution >= 0.6 is 15.9 Å². The van der Waals surface area contributed by atoms with Gasteiger partial charge in [-0.3, -0.25) is 10.0 Å². The Labute approximate surface area is 122 Å². The molecule has 0 aliphatic heterocycles. The van der Waals surface area contributed by atoms with Crippen molar-refractivity contribution in [2.45, 2.75) is 0 Å². The van der Waals surface area contributed by atoms with Crippen LogP contribution in [0, 0.1) is 0 Å². The van der Waals surface area contributed by atoms with Crippen LogP contribution in [0.2, 0.25) is 0 Å². The zero-order valence-corrected chi connectivity index (χ0v) is 11.8. The first-order chi connectivity index (χ1) is 9.67. The van der Waals surface area contributed by atoms with Crippen molar-refractivity contribution in [1.82, 2.24) is 15.4 Å². The smallest absolute Gasteiger partial charge is 0.274 e. The van der Waals surface area contributed by atoms with Crippen LogP contribution in [0.25, 0.3) is 22.4 Å². The summed E-state index contributed by atoms with van der Waals surface area (Å²) in [4.78, 5) is 19.0. The second-order valence-electron chi connectivity index (χ2n) is 4.27. The van der Waals surface area contributed by atoms with E-state index < -0.39 is 5.91 Å². The van der Waals surface area contributed by atoms with E-state index in [0.717, 1.165) is 26.9 Å². The summed E-state index contributed by atoms with van der Waals surface area (Å²) in [5, 5.41) is 8.64. The Kier molecular flexibility index (Phi) is 3.25. The molecule has 0 fully saturated rings. The van der Waals surface area contributed by atoms with Crippen molar-refractivity contribution >= 4 is 32.9 Å². The zero-order valence-electron chi connectivity index (χ0n) is 10.2. The van der Waals surface area contributed by atoms with Gasteiger partial charge in [-0.05, 0) is 30.3 Å². The number of H-pyrrole nitrogens is 1. The van der Waals surface area contributed by atoms with Crippen molar-refractivity contribution < 1.29 is 10.0 Å². The Morgan fingerprint density at radius 1 is 1.20 bits per heavy atom. The quantitative estimate of drug-likeness (QED) is 0.498. The summed E-state index contributed by atoms with van der Waals surface area (Å²) in [5.74, 6) is 0.181. The second kappa shape index (κ2) is 5.07. The Morgan fingerprint density at radius 3 is 2.65 bits per heavy atom. The molecule has 3 N–H and O–H groups in total. The molecule has 0 aliphatic carbocycles. The van der Waals surface area contributed by atoms with E-state index in [1.807, 2.05) is 24.3 Å². The number of aromatic amines is 1. The van der Waals surface area contributed by atoms with Gasteiger partial charge in [0.2, 0.25) is 0 Å². The lowest BCUT2D eigenvalue weighted by molar-refractivity contribution is 0.0706. The number of benzene rings is 2. The van der Waals surface area contributed by atoms with Crippen molar-refractivity contribution in [3.8, 4) is 11.4 Å². The van der Waals surface area contributed by atoms with Crippen molar-refractivity contribution in [1.29, 1.82) is 0 Å². The van der Waals surface area contributed by atoms with E-state index in [0.29, 0.717) is 5.56 Å². The van der Waals surface area contributed by atoms with Crippen LogP contribution in [-0.2, 0) is 0 Å². The second-order valence-corrected chi connectivity index (χ2v) is 5.18. The van der Waals surface area contributed by atoms with Gasteiger partial charge in [-0.1, -0.05) is 28.1 Å². The normalized spacial score (nSPS) is 10.7. The van der Waals surface area contributed by atoms with Gasteiger partial charge in [0.25, 0.3) is 5.91 Å². The van der Waals surface area contributed by atoms with Gasteiger partial charge >= 0.3 is 0 Å². The SMILES string of the molecule is O=C(NO)c1ccc2nc(-c3ccc(Br)cc3)[nH]c2c1. The summed E-state index contributed by atoms with van der Waals surface area (Å²) in [6, 6.07) is 12.8. The lowest BCUT2D eigenvalue weighted by atomic mass is 10.2. The van der Waals surface area contributed by atoms with E-state index in [4.69, 9.17) is 5.21 Å². The third-order valence-corrected chi connectivity index (χ3v) is 3.49. The monoisotopic (exact) mass is 331 g/mol. The van der Waals surface area contributed by atoms with Gasteiger partial charge in [0.15, 0.2) is 0 Å². The molecule has 0 aliphatic rings. The molecule has 1 amide bonds. The predicted octanol–water partition coefficient (Wildman–Crippen LogP) is 3.11. The highest BCUT2D eigenvalue weighted by Gasteiger charge is 2.09. The summed E-state index contributed by atoms with van der Waals surface area (Å²) in [5.41, 5.74) is 4.44. The van der Waals surface area contributed by atoms with Gasteiger partial charge in [-0.2, -0.15) is 0 Å². The number of rotatable bonds is 2. The van der Waals surface area contributed by atoms with Crippen molar-refractivity contribution in [2.24, 2.45) is 0 Å². The summed E-state index contributed by atoms with van der Waals surface area (Å²) < 4.78 is 0.999. The minimum atomic E-state index is -0.549. The third kappa shape index (κ3) is 2.31.